The second-order valence-corrected chi connectivity index (χ2v) is 7.05. The van der Waals surface area contributed by atoms with Gasteiger partial charge in [-0.2, -0.15) is 0 Å². The Labute approximate surface area is 147 Å². The van der Waals surface area contributed by atoms with Gasteiger partial charge in [0.25, 0.3) is 0 Å². The maximum Gasteiger partial charge on any atom is 0.226 e. The quantitative estimate of drug-likeness (QED) is 0.830. The Kier molecular flexibility index (Phi) is 5.29. The van der Waals surface area contributed by atoms with Crippen molar-refractivity contribution in [1.82, 2.24) is 4.90 Å². The van der Waals surface area contributed by atoms with Gasteiger partial charge < -0.3 is 19.7 Å². The number of amides is 1. The number of rotatable bonds is 3. The second kappa shape index (κ2) is 7.43. The molecule has 1 saturated heterocycles. The van der Waals surface area contributed by atoms with Gasteiger partial charge >= 0.3 is 0 Å². The van der Waals surface area contributed by atoms with Crippen LogP contribution in [-0.2, 0) is 9.59 Å². The van der Waals surface area contributed by atoms with Crippen molar-refractivity contribution < 1.29 is 14.7 Å². The van der Waals surface area contributed by atoms with Crippen molar-refractivity contribution in [2.45, 2.75) is 25.7 Å². The van der Waals surface area contributed by atoms with E-state index in [-0.39, 0.29) is 5.91 Å². The van der Waals surface area contributed by atoms with E-state index in [1.165, 1.54) is 0 Å². The van der Waals surface area contributed by atoms with Crippen molar-refractivity contribution in [1.29, 1.82) is 0 Å². The summed E-state index contributed by atoms with van der Waals surface area (Å²) in [5, 5.41) is 12.0. The summed E-state index contributed by atoms with van der Waals surface area (Å²) in [5.41, 5.74) is 1.06. The molecule has 0 radical (unpaired) electrons. The molecule has 1 saturated carbocycles. The van der Waals surface area contributed by atoms with Crippen LogP contribution in [0.25, 0.3) is 0 Å². The Balaban J connectivity index is 1.61. The van der Waals surface area contributed by atoms with Crippen LogP contribution in [0.15, 0.2) is 24.3 Å². The third-order valence-corrected chi connectivity index (χ3v) is 5.39. The lowest BCUT2D eigenvalue weighted by Crippen LogP contribution is -2.53. The van der Waals surface area contributed by atoms with E-state index in [0.717, 1.165) is 31.6 Å². The molecule has 24 heavy (non-hydrogen) atoms. The highest BCUT2D eigenvalue weighted by Crippen LogP contribution is 2.31. The number of anilines is 1. The number of carboxylic acids is 1. The first-order valence-electron chi connectivity index (χ1n) is 8.56. The van der Waals surface area contributed by atoms with Crippen LogP contribution in [0.2, 0.25) is 5.02 Å². The van der Waals surface area contributed by atoms with Gasteiger partial charge in [-0.25, -0.2) is 0 Å². The van der Waals surface area contributed by atoms with E-state index in [4.69, 9.17) is 11.6 Å². The Bertz CT molecular complexity index is 614. The number of carboxylic acid groups (broad SMARTS) is 1. The SMILES string of the molecule is O=C([O-])[C@H]1CCCC[C@@H]1C(=O)N1CCN(c2cccc(Cl)c2)CC1. The highest BCUT2D eigenvalue weighted by Gasteiger charge is 2.35. The van der Waals surface area contributed by atoms with Crippen LogP contribution in [0.1, 0.15) is 25.7 Å². The van der Waals surface area contributed by atoms with Gasteiger partial charge in [0.2, 0.25) is 5.91 Å². The highest BCUT2D eigenvalue weighted by molar-refractivity contribution is 6.30. The molecule has 0 spiro atoms. The molecule has 1 aliphatic carbocycles. The number of aliphatic carboxylic acids is 1. The van der Waals surface area contributed by atoms with Gasteiger partial charge in [-0.05, 0) is 31.0 Å². The van der Waals surface area contributed by atoms with Gasteiger partial charge in [0.15, 0.2) is 0 Å². The molecule has 6 heteroatoms. The number of hydrogen-bond donors (Lipinski definition) is 0. The average molecular weight is 350 g/mol. The molecule has 1 aliphatic heterocycles. The van der Waals surface area contributed by atoms with Crippen LogP contribution < -0.4 is 10.0 Å². The van der Waals surface area contributed by atoms with E-state index in [0.29, 0.717) is 31.0 Å². The van der Waals surface area contributed by atoms with E-state index in [1.54, 1.807) is 0 Å². The molecule has 2 atom stereocenters. The number of benzene rings is 1. The molecule has 3 rings (SSSR count). The van der Waals surface area contributed by atoms with E-state index >= 15 is 0 Å². The molecule has 130 valence electrons. The van der Waals surface area contributed by atoms with Gasteiger partial charge in [-0.1, -0.05) is 30.5 Å². The molecule has 2 aliphatic rings. The number of piperazine rings is 1. The highest BCUT2D eigenvalue weighted by atomic mass is 35.5. The molecule has 0 aromatic heterocycles. The molecular formula is C18H22ClN2O3-. The maximum atomic E-state index is 12.8. The standard InChI is InChI=1S/C18H23ClN2O3/c19-13-4-3-5-14(12-13)20-8-10-21(11-9-20)17(22)15-6-1-2-7-16(15)18(23)24/h3-5,12,15-16H,1-2,6-11H2,(H,23,24)/p-1/t15-,16-/m0/s1. The molecule has 1 aromatic carbocycles. The first-order chi connectivity index (χ1) is 11.6. The van der Waals surface area contributed by atoms with Crippen LogP contribution in [-0.4, -0.2) is 43.0 Å². The largest absolute Gasteiger partial charge is 0.550 e. The van der Waals surface area contributed by atoms with Crippen LogP contribution >= 0.6 is 11.6 Å². The monoisotopic (exact) mass is 349 g/mol. The zero-order valence-electron chi connectivity index (χ0n) is 13.6. The number of hydrogen-bond acceptors (Lipinski definition) is 4. The normalized spacial score (nSPS) is 24.7. The second-order valence-electron chi connectivity index (χ2n) is 6.61. The summed E-state index contributed by atoms with van der Waals surface area (Å²) in [5.74, 6) is -2.14. The Morgan fingerprint density at radius 2 is 1.71 bits per heavy atom. The van der Waals surface area contributed by atoms with Gasteiger partial charge in [-0.3, -0.25) is 4.79 Å². The molecule has 1 heterocycles. The van der Waals surface area contributed by atoms with E-state index in [9.17, 15) is 14.7 Å². The van der Waals surface area contributed by atoms with Gasteiger partial charge in [0, 0.05) is 54.7 Å². The van der Waals surface area contributed by atoms with Gasteiger partial charge in [0.05, 0.1) is 0 Å². The predicted octanol–water partition coefficient (Wildman–Crippen LogP) is 1.54. The maximum absolute atomic E-state index is 12.8. The summed E-state index contributed by atoms with van der Waals surface area (Å²) in [4.78, 5) is 28.1. The summed E-state index contributed by atoms with van der Waals surface area (Å²) in [6.45, 7) is 2.69. The minimum atomic E-state index is -1.08. The lowest BCUT2D eigenvalue weighted by Gasteiger charge is -2.40. The van der Waals surface area contributed by atoms with Crippen LogP contribution in [0, 0.1) is 11.8 Å². The van der Waals surface area contributed by atoms with E-state index in [1.807, 2.05) is 29.2 Å². The summed E-state index contributed by atoms with van der Waals surface area (Å²) in [6.07, 6.45) is 3.00. The van der Waals surface area contributed by atoms with Crippen LogP contribution in [0.4, 0.5) is 5.69 Å². The van der Waals surface area contributed by atoms with Crippen molar-refractivity contribution >= 4 is 29.2 Å². The Morgan fingerprint density at radius 1 is 1.04 bits per heavy atom. The number of carbonyl (C=O) groups excluding carboxylic acids is 2. The fourth-order valence-electron chi connectivity index (χ4n) is 3.80. The zero-order valence-corrected chi connectivity index (χ0v) is 14.4. The molecule has 5 nitrogen and oxygen atoms in total. The van der Waals surface area contributed by atoms with Gasteiger partial charge in [-0.15, -0.1) is 0 Å². The van der Waals surface area contributed by atoms with E-state index in [2.05, 4.69) is 4.90 Å². The summed E-state index contributed by atoms with van der Waals surface area (Å²) in [6, 6.07) is 7.69. The molecule has 1 aromatic rings. The summed E-state index contributed by atoms with van der Waals surface area (Å²) < 4.78 is 0. The van der Waals surface area contributed by atoms with E-state index < -0.39 is 17.8 Å². The van der Waals surface area contributed by atoms with Crippen molar-refractivity contribution in [3.63, 3.8) is 0 Å². The van der Waals surface area contributed by atoms with Gasteiger partial charge in [0.1, 0.15) is 0 Å². The first kappa shape index (κ1) is 17.1. The molecule has 2 fully saturated rings. The molecule has 0 unspecified atom stereocenters. The number of nitrogens with zero attached hydrogens (tertiary/aromatic N) is 2. The fourth-order valence-corrected chi connectivity index (χ4v) is 3.99. The van der Waals surface area contributed by atoms with Crippen molar-refractivity contribution in [2.24, 2.45) is 11.8 Å². The van der Waals surface area contributed by atoms with Crippen LogP contribution in [0.3, 0.4) is 0 Å². The first-order valence-corrected chi connectivity index (χ1v) is 8.94. The molecule has 0 bridgehead atoms. The average Bonchev–Trinajstić information content (AvgIpc) is 2.61. The third kappa shape index (κ3) is 3.66. The minimum absolute atomic E-state index is 0.0188. The lowest BCUT2D eigenvalue weighted by atomic mass is 9.78. The Morgan fingerprint density at radius 3 is 2.33 bits per heavy atom. The summed E-state index contributed by atoms with van der Waals surface area (Å²) >= 11 is 6.04. The third-order valence-electron chi connectivity index (χ3n) is 5.15. The zero-order chi connectivity index (χ0) is 17.1. The number of halogens is 1. The summed E-state index contributed by atoms with van der Waals surface area (Å²) in [7, 11) is 0. The lowest BCUT2D eigenvalue weighted by molar-refractivity contribution is -0.314. The minimum Gasteiger partial charge on any atom is -0.550 e. The number of carbonyl (C=O) groups is 2. The molecular weight excluding hydrogens is 328 g/mol. The topological polar surface area (TPSA) is 63.7 Å². The molecule has 1 amide bonds. The predicted molar refractivity (Wildman–Crippen MR) is 90.7 cm³/mol. The molecule has 0 N–H and O–H groups in total. The van der Waals surface area contributed by atoms with Crippen LogP contribution in [0.5, 0.6) is 0 Å². The fraction of sp³-hybridized carbons (Fsp3) is 0.556. The Hall–Kier alpha value is -1.75. The van der Waals surface area contributed by atoms with Crippen molar-refractivity contribution in [3.05, 3.63) is 29.3 Å². The van der Waals surface area contributed by atoms with Crippen molar-refractivity contribution in [3.8, 4) is 0 Å². The van der Waals surface area contributed by atoms with Crippen molar-refractivity contribution in [2.75, 3.05) is 31.1 Å². The smallest absolute Gasteiger partial charge is 0.226 e.